The van der Waals surface area contributed by atoms with Crippen molar-refractivity contribution in [3.8, 4) is 6.07 Å². The van der Waals surface area contributed by atoms with Gasteiger partial charge in [0.05, 0.1) is 16.6 Å². The lowest BCUT2D eigenvalue weighted by atomic mass is 10.2. The fourth-order valence-corrected chi connectivity index (χ4v) is 1.95. The Balaban J connectivity index is 2.67. The summed E-state index contributed by atoms with van der Waals surface area (Å²) in [6.07, 6.45) is 2.58. The third-order valence-electron chi connectivity index (χ3n) is 2.32. The van der Waals surface area contributed by atoms with E-state index in [1.807, 2.05) is 12.3 Å². The number of anilines is 1. The van der Waals surface area contributed by atoms with Crippen LogP contribution in [0.25, 0.3) is 0 Å². The Morgan fingerprint density at radius 3 is 3.00 bits per heavy atom. The number of halogens is 1. The summed E-state index contributed by atoms with van der Waals surface area (Å²) >= 11 is 7.44. The lowest BCUT2D eigenvalue weighted by molar-refractivity contribution is -0.117. The number of nitrogens with two attached hydrogens (primary N) is 1. The summed E-state index contributed by atoms with van der Waals surface area (Å²) in [6, 6.07) is 6.15. The number of carbonyl (C=O) groups excluding carboxylic acids is 1. The van der Waals surface area contributed by atoms with Crippen molar-refractivity contribution in [2.75, 3.05) is 17.3 Å². The molecule has 3 N–H and O–H groups in total. The zero-order valence-electron chi connectivity index (χ0n) is 9.94. The molecule has 0 heterocycles. The fourth-order valence-electron chi connectivity index (χ4n) is 1.30. The average Bonchev–Trinajstić information content (AvgIpc) is 2.37. The van der Waals surface area contributed by atoms with E-state index >= 15 is 0 Å². The maximum atomic E-state index is 11.7. The van der Waals surface area contributed by atoms with Gasteiger partial charge in [0.2, 0.25) is 5.91 Å². The van der Waals surface area contributed by atoms with Gasteiger partial charge in [0.15, 0.2) is 0 Å². The number of nitrogens with zero attached hydrogens (tertiary/aromatic N) is 1. The number of benzene rings is 1. The Labute approximate surface area is 115 Å². The smallest absolute Gasteiger partial charge is 0.241 e. The van der Waals surface area contributed by atoms with Crippen molar-refractivity contribution in [2.24, 2.45) is 5.73 Å². The predicted octanol–water partition coefficient (Wildman–Crippen LogP) is 2.23. The lowest BCUT2D eigenvalue weighted by Crippen LogP contribution is -2.36. The SMILES string of the molecule is CSCC[C@H](N)C(=O)Nc1ccc(Cl)c(C#N)c1. The maximum Gasteiger partial charge on any atom is 0.241 e. The number of thioether (sulfide) groups is 1. The van der Waals surface area contributed by atoms with Crippen LogP contribution in [0.3, 0.4) is 0 Å². The van der Waals surface area contributed by atoms with Gasteiger partial charge in [-0.1, -0.05) is 11.6 Å². The van der Waals surface area contributed by atoms with Crippen LogP contribution in [0.1, 0.15) is 12.0 Å². The van der Waals surface area contributed by atoms with Crippen LogP contribution in [-0.4, -0.2) is 24.0 Å². The highest BCUT2D eigenvalue weighted by atomic mass is 35.5. The number of rotatable bonds is 5. The summed E-state index contributed by atoms with van der Waals surface area (Å²) in [5.74, 6) is 0.578. The first-order chi connectivity index (χ1) is 8.58. The van der Waals surface area contributed by atoms with Crippen LogP contribution in [0, 0.1) is 11.3 Å². The van der Waals surface area contributed by atoms with Gasteiger partial charge in [-0.2, -0.15) is 17.0 Å². The summed E-state index contributed by atoms with van der Waals surface area (Å²) < 4.78 is 0. The normalized spacial score (nSPS) is 11.7. The van der Waals surface area contributed by atoms with Crippen LogP contribution in [-0.2, 0) is 4.79 Å². The Hall–Kier alpha value is -1.22. The van der Waals surface area contributed by atoms with Crippen LogP contribution in [0.15, 0.2) is 18.2 Å². The minimum absolute atomic E-state index is 0.254. The van der Waals surface area contributed by atoms with Gasteiger partial charge in [-0.3, -0.25) is 4.79 Å². The van der Waals surface area contributed by atoms with E-state index in [4.69, 9.17) is 22.6 Å². The van der Waals surface area contributed by atoms with Gasteiger partial charge in [0.1, 0.15) is 6.07 Å². The molecular weight excluding hydrogens is 270 g/mol. The molecule has 6 heteroatoms. The first kappa shape index (κ1) is 14.8. The standard InChI is InChI=1S/C12H14ClN3OS/c1-18-5-4-11(15)12(17)16-9-2-3-10(13)8(6-9)7-14/h2-3,6,11H,4-5,15H2,1H3,(H,16,17)/t11-/m0/s1. The Bertz CT molecular complexity index is 473. The Kier molecular flexibility index (Phi) is 5.99. The summed E-state index contributed by atoms with van der Waals surface area (Å²) in [4.78, 5) is 11.7. The molecule has 18 heavy (non-hydrogen) atoms. The van der Waals surface area contributed by atoms with Crippen molar-refractivity contribution < 1.29 is 4.79 Å². The van der Waals surface area contributed by atoms with Gasteiger partial charge in [-0.15, -0.1) is 0 Å². The van der Waals surface area contributed by atoms with Crippen molar-refractivity contribution in [3.05, 3.63) is 28.8 Å². The van der Waals surface area contributed by atoms with E-state index in [0.29, 0.717) is 22.7 Å². The van der Waals surface area contributed by atoms with Crippen LogP contribution in [0.2, 0.25) is 5.02 Å². The summed E-state index contributed by atoms with van der Waals surface area (Å²) in [6.45, 7) is 0. The molecule has 0 spiro atoms. The highest BCUT2D eigenvalue weighted by molar-refractivity contribution is 7.98. The minimum atomic E-state index is -0.543. The molecule has 1 atom stereocenters. The Morgan fingerprint density at radius 2 is 2.39 bits per heavy atom. The van der Waals surface area contributed by atoms with Gasteiger partial charge in [-0.25, -0.2) is 0 Å². The van der Waals surface area contributed by atoms with Crippen LogP contribution >= 0.6 is 23.4 Å². The van der Waals surface area contributed by atoms with Crippen LogP contribution < -0.4 is 11.1 Å². The van der Waals surface area contributed by atoms with Gasteiger partial charge < -0.3 is 11.1 Å². The molecule has 4 nitrogen and oxygen atoms in total. The van der Waals surface area contributed by atoms with Crippen molar-refractivity contribution in [1.82, 2.24) is 0 Å². The van der Waals surface area contributed by atoms with Crippen molar-refractivity contribution in [3.63, 3.8) is 0 Å². The van der Waals surface area contributed by atoms with E-state index in [2.05, 4.69) is 5.32 Å². The zero-order valence-corrected chi connectivity index (χ0v) is 11.5. The monoisotopic (exact) mass is 283 g/mol. The molecule has 0 aliphatic carbocycles. The molecular formula is C12H14ClN3OS. The zero-order chi connectivity index (χ0) is 13.5. The van der Waals surface area contributed by atoms with Gasteiger partial charge >= 0.3 is 0 Å². The highest BCUT2D eigenvalue weighted by Gasteiger charge is 2.13. The van der Waals surface area contributed by atoms with Crippen molar-refractivity contribution >= 4 is 35.0 Å². The maximum absolute atomic E-state index is 11.7. The van der Waals surface area contributed by atoms with E-state index in [1.165, 1.54) is 6.07 Å². The summed E-state index contributed by atoms with van der Waals surface area (Å²) in [5.41, 5.74) is 6.59. The van der Waals surface area contributed by atoms with E-state index < -0.39 is 6.04 Å². The van der Waals surface area contributed by atoms with E-state index in [0.717, 1.165) is 5.75 Å². The molecule has 0 saturated heterocycles. The molecule has 0 aliphatic heterocycles. The van der Waals surface area contributed by atoms with Crippen molar-refractivity contribution in [1.29, 1.82) is 5.26 Å². The first-order valence-corrected chi connectivity index (χ1v) is 7.10. The minimum Gasteiger partial charge on any atom is -0.325 e. The third-order valence-corrected chi connectivity index (χ3v) is 3.30. The molecule has 0 unspecified atom stereocenters. The lowest BCUT2D eigenvalue weighted by Gasteiger charge is -2.11. The molecule has 96 valence electrons. The Morgan fingerprint density at radius 1 is 1.67 bits per heavy atom. The molecule has 1 aromatic rings. The largest absolute Gasteiger partial charge is 0.325 e. The molecule has 0 aromatic heterocycles. The van der Waals surface area contributed by atoms with Crippen molar-refractivity contribution in [2.45, 2.75) is 12.5 Å². The molecule has 1 rings (SSSR count). The second-order valence-electron chi connectivity index (χ2n) is 3.68. The third kappa shape index (κ3) is 4.22. The van der Waals surface area contributed by atoms with Gasteiger partial charge in [0, 0.05) is 5.69 Å². The van der Waals surface area contributed by atoms with Crippen LogP contribution in [0.4, 0.5) is 5.69 Å². The van der Waals surface area contributed by atoms with Gasteiger partial charge in [0.25, 0.3) is 0 Å². The summed E-state index contributed by atoms with van der Waals surface area (Å²) in [7, 11) is 0. The quantitative estimate of drug-likeness (QED) is 0.868. The second kappa shape index (κ2) is 7.27. The summed E-state index contributed by atoms with van der Waals surface area (Å²) in [5, 5.41) is 11.9. The highest BCUT2D eigenvalue weighted by Crippen LogP contribution is 2.19. The number of hydrogen-bond acceptors (Lipinski definition) is 4. The van der Waals surface area contributed by atoms with Gasteiger partial charge in [-0.05, 0) is 36.6 Å². The average molecular weight is 284 g/mol. The number of amides is 1. The van der Waals surface area contributed by atoms with Crippen LogP contribution in [0.5, 0.6) is 0 Å². The topological polar surface area (TPSA) is 78.9 Å². The number of nitriles is 1. The first-order valence-electron chi connectivity index (χ1n) is 5.33. The number of carbonyl (C=O) groups is 1. The molecule has 0 aliphatic rings. The molecule has 0 saturated carbocycles. The molecule has 0 fully saturated rings. The fraction of sp³-hybridized carbons (Fsp3) is 0.333. The molecule has 0 bridgehead atoms. The number of nitrogens with one attached hydrogen (secondary N) is 1. The second-order valence-corrected chi connectivity index (χ2v) is 5.08. The molecule has 1 amide bonds. The molecule has 1 aromatic carbocycles. The van der Waals surface area contributed by atoms with E-state index in [9.17, 15) is 4.79 Å². The van der Waals surface area contributed by atoms with E-state index in [1.54, 1.807) is 23.9 Å². The number of hydrogen-bond donors (Lipinski definition) is 2. The predicted molar refractivity (Wildman–Crippen MR) is 75.8 cm³/mol. The molecule has 0 radical (unpaired) electrons. The van der Waals surface area contributed by atoms with E-state index in [-0.39, 0.29) is 5.91 Å².